The van der Waals surface area contributed by atoms with Crippen molar-refractivity contribution in [3.05, 3.63) is 29.8 Å². The molecular formula is C10H10N2. The second-order valence-electron chi connectivity index (χ2n) is 3.38. The zero-order valence-electron chi connectivity index (χ0n) is 6.70. The summed E-state index contributed by atoms with van der Waals surface area (Å²) in [6.45, 7) is 0.953. The summed E-state index contributed by atoms with van der Waals surface area (Å²) in [6, 6.07) is 8.97. The second kappa shape index (κ2) is 2.09. The van der Waals surface area contributed by atoms with Crippen LogP contribution in [-0.4, -0.2) is 18.8 Å². The lowest BCUT2D eigenvalue weighted by molar-refractivity contribution is 0.762. The van der Waals surface area contributed by atoms with Crippen molar-refractivity contribution < 1.29 is 0 Å². The van der Waals surface area contributed by atoms with Gasteiger partial charge in [0.1, 0.15) is 0 Å². The van der Waals surface area contributed by atoms with Crippen molar-refractivity contribution >= 4 is 11.9 Å². The molecular weight excluding hydrogens is 148 g/mol. The van der Waals surface area contributed by atoms with Crippen molar-refractivity contribution in [1.29, 1.82) is 0 Å². The van der Waals surface area contributed by atoms with Crippen molar-refractivity contribution in [3.8, 4) is 0 Å². The fourth-order valence-electron chi connectivity index (χ4n) is 2.07. The normalized spacial score (nSPS) is 29.7. The predicted octanol–water partition coefficient (Wildman–Crippen LogP) is 1.65. The molecule has 0 aliphatic carbocycles. The molecule has 0 amide bonds. The number of nitrogens with zero attached hydrogens (tertiary/aromatic N) is 1. The third-order valence-electron chi connectivity index (χ3n) is 2.68. The summed E-state index contributed by atoms with van der Waals surface area (Å²) in [7, 11) is 0. The minimum absolute atomic E-state index is 0.461. The number of aliphatic imine (C=N–C) groups is 1. The topological polar surface area (TPSA) is 24.4 Å². The average molecular weight is 158 g/mol. The van der Waals surface area contributed by atoms with E-state index >= 15 is 0 Å². The van der Waals surface area contributed by atoms with E-state index in [-0.39, 0.29) is 0 Å². The molecule has 2 heteroatoms. The molecule has 12 heavy (non-hydrogen) atoms. The summed E-state index contributed by atoms with van der Waals surface area (Å²) in [6.07, 6.45) is 2.03. The number of rotatable bonds is 0. The molecule has 60 valence electrons. The van der Waals surface area contributed by atoms with Crippen molar-refractivity contribution in [3.63, 3.8) is 0 Å². The lowest BCUT2D eigenvalue weighted by Gasteiger charge is -2.05. The van der Waals surface area contributed by atoms with Crippen LogP contribution in [-0.2, 0) is 0 Å². The van der Waals surface area contributed by atoms with Gasteiger partial charge in [0.15, 0.2) is 0 Å². The first-order chi connectivity index (χ1) is 5.95. The Labute approximate surface area is 71.3 Å². The Bertz CT molecular complexity index is 343. The molecule has 0 bridgehead atoms. The van der Waals surface area contributed by atoms with Gasteiger partial charge >= 0.3 is 0 Å². The molecule has 0 saturated heterocycles. The first kappa shape index (κ1) is 6.23. The minimum Gasteiger partial charge on any atom is -0.376 e. The van der Waals surface area contributed by atoms with Gasteiger partial charge in [-0.2, -0.15) is 0 Å². The number of hydrogen-bond donors (Lipinski definition) is 1. The quantitative estimate of drug-likeness (QED) is 0.610. The van der Waals surface area contributed by atoms with Crippen molar-refractivity contribution in [1.82, 2.24) is 0 Å². The second-order valence-corrected chi connectivity index (χ2v) is 3.38. The van der Waals surface area contributed by atoms with Gasteiger partial charge in [-0.25, -0.2) is 0 Å². The van der Waals surface area contributed by atoms with Crippen LogP contribution in [0.25, 0.3) is 0 Å². The van der Waals surface area contributed by atoms with Crippen LogP contribution in [0.4, 0.5) is 5.69 Å². The van der Waals surface area contributed by atoms with Gasteiger partial charge in [0.05, 0.1) is 6.04 Å². The Balaban J connectivity index is 2.12. The van der Waals surface area contributed by atoms with E-state index in [0.717, 1.165) is 6.54 Å². The summed E-state index contributed by atoms with van der Waals surface area (Å²) >= 11 is 0. The van der Waals surface area contributed by atoms with E-state index < -0.39 is 0 Å². The SMILES string of the molecule is C1=NCC2c3ccccc3NC12. The highest BCUT2D eigenvalue weighted by atomic mass is 15.0. The van der Waals surface area contributed by atoms with Crippen LogP contribution in [0.5, 0.6) is 0 Å². The van der Waals surface area contributed by atoms with E-state index in [9.17, 15) is 0 Å². The van der Waals surface area contributed by atoms with Crippen LogP contribution in [0.3, 0.4) is 0 Å². The maximum absolute atomic E-state index is 4.28. The van der Waals surface area contributed by atoms with Gasteiger partial charge in [0.2, 0.25) is 0 Å². The van der Waals surface area contributed by atoms with E-state index in [1.807, 2.05) is 6.21 Å². The predicted molar refractivity (Wildman–Crippen MR) is 50.0 cm³/mol. The average Bonchev–Trinajstić information content (AvgIpc) is 2.62. The molecule has 2 aliphatic heterocycles. The Morgan fingerprint density at radius 1 is 1.33 bits per heavy atom. The molecule has 2 unspecified atom stereocenters. The van der Waals surface area contributed by atoms with Crippen LogP contribution in [0, 0.1) is 0 Å². The number of para-hydroxylation sites is 1. The molecule has 2 nitrogen and oxygen atoms in total. The highest BCUT2D eigenvalue weighted by Crippen LogP contribution is 2.37. The van der Waals surface area contributed by atoms with Crippen LogP contribution in [0.2, 0.25) is 0 Å². The molecule has 1 aromatic rings. The summed E-state index contributed by atoms with van der Waals surface area (Å²) < 4.78 is 0. The van der Waals surface area contributed by atoms with Gasteiger partial charge in [-0.05, 0) is 11.6 Å². The van der Waals surface area contributed by atoms with Gasteiger partial charge < -0.3 is 5.32 Å². The van der Waals surface area contributed by atoms with Gasteiger partial charge in [0, 0.05) is 24.4 Å². The molecule has 0 aromatic heterocycles. The van der Waals surface area contributed by atoms with Gasteiger partial charge in [0.25, 0.3) is 0 Å². The van der Waals surface area contributed by atoms with Crippen molar-refractivity contribution in [2.45, 2.75) is 12.0 Å². The molecule has 2 aliphatic rings. The summed E-state index contributed by atoms with van der Waals surface area (Å²) in [5.74, 6) is 0.598. The molecule has 1 N–H and O–H groups in total. The molecule has 1 aromatic carbocycles. The summed E-state index contributed by atoms with van der Waals surface area (Å²) in [5.41, 5.74) is 2.72. The summed E-state index contributed by atoms with van der Waals surface area (Å²) in [5, 5.41) is 3.45. The standard InChI is InChI=1S/C10H10N2/c1-2-4-9-7(3-1)8-5-11-6-10(8)12-9/h1-4,6,8,10,12H,5H2. The highest BCUT2D eigenvalue weighted by Gasteiger charge is 2.32. The Morgan fingerprint density at radius 3 is 3.25 bits per heavy atom. The minimum atomic E-state index is 0.461. The zero-order chi connectivity index (χ0) is 7.97. The van der Waals surface area contributed by atoms with Crippen molar-refractivity contribution in [2.75, 3.05) is 11.9 Å². The third kappa shape index (κ3) is 0.670. The van der Waals surface area contributed by atoms with E-state index in [2.05, 4.69) is 34.6 Å². The molecule has 3 rings (SSSR count). The number of fused-ring (bicyclic) bond motifs is 3. The van der Waals surface area contributed by atoms with E-state index in [4.69, 9.17) is 0 Å². The molecule has 0 radical (unpaired) electrons. The molecule has 0 fully saturated rings. The Morgan fingerprint density at radius 2 is 2.25 bits per heavy atom. The van der Waals surface area contributed by atoms with Gasteiger partial charge in [-0.15, -0.1) is 0 Å². The molecule has 0 spiro atoms. The molecule has 2 heterocycles. The lowest BCUT2D eigenvalue weighted by Crippen LogP contribution is -2.18. The third-order valence-corrected chi connectivity index (χ3v) is 2.68. The van der Waals surface area contributed by atoms with E-state index in [1.54, 1.807) is 0 Å². The monoisotopic (exact) mass is 158 g/mol. The highest BCUT2D eigenvalue weighted by molar-refractivity contribution is 5.79. The smallest absolute Gasteiger partial charge is 0.0698 e. The number of hydrogen-bond acceptors (Lipinski definition) is 2. The fourth-order valence-corrected chi connectivity index (χ4v) is 2.07. The van der Waals surface area contributed by atoms with Crippen LogP contribution < -0.4 is 5.32 Å². The van der Waals surface area contributed by atoms with Gasteiger partial charge in [-0.1, -0.05) is 18.2 Å². The van der Waals surface area contributed by atoms with Gasteiger partial charge in [-0.3, -0.25) is 4.99 Å². The number of anilines is 1. The molecule has 2 atom stereocenters. The number of benzene rings is 1. The van der Waals surface area contributed by atoms with Crippen LogP contribution >= 0.6 is 0 Å². The largest absolute Gasteiger partial charge is 0.376 e. The maximum atomic E-state index is 4.28. The fraction of sp³-hybridized carbons (Fsp3) is 0.300. The zero-order valence-corrected chi connectivity index (χ0v) is 6.70. The maximum Gasteiger partial charge on any atom is 0.0698 e. The van der Waals surface area contributed by atoms with E-state index in [1.165, 1.54) is 11.3 Å². The van der Waals surface area contributed by atoms with Crippen LogP contribution in [0.15, 0.2) is 29.3 Å². The Kier molecular flexibility index (Phi) is 1.09. The van der Waals surface area contributed by atoms with Crippen molar-refractivity contribution in [2.24, 2.45) is 4.99 Å². The first-order valence-corrected chi connectivity index (χ1v) is 4.30. The van der Waals surface area contributed by atoms with E-state index in [0.29, 0.717) is 12.0 Å². The molecule has 0 saturated carbocycles. The lowest BCUT2D eigenvalue weighted by atomic mass is 9.98. The number of nitrogens with one attached hydrogen (secondary N) is 1. The first-order valence-electron chi connectivity index (χ1n) is 4.30. The van der Waals surface area contributed by atoms with Crippen LogP contribution in [0.1, 0.15) is 11.5 Å². The Hall–Kier alpha value is -1.31. The summed E-state index contributed by atoms with van der Waals surface area (Å²) in [4.78, 5) is 4.28.